The molecule has 0 bridgehead atoms. The highest BCUT2D eigenvalue weighted by Crippen LogP contribution is 2.34. The minimum atomic E-state index is 0.00720. The van der Waals surface area contributed by atoms with Gasteiger partial charge in [-0.1, -0.05) is 24.8 Å². The number of fused-ring (bicyclic) bond motifs is 9. The maximum Gasteiger partial charge on any atom is 0.219 e. The van der Waals surface area contributed by atoms with Gasteiger partial charge < -0.3 is 46.9 Å². The van der Waals surface area contributed by atoms with Gasteiger partial charge in [-0.2, -0.15) is 10.2 Å². The lowest BCUT2D eigenvalue weighted by Gasteiger charge is -2.16. The van der Waals surface area contributed by atoms with Gasteiger partial charge in [0.1, 0.15) is 68.0 Å². The van der Waals surface area contributed by atoms with Crippen LogP contribution in [0.5, 0.6) is 0 Å². The van der Waals surface area contributed by atoms with Crippen molar-refractivity contribution in [2.24, 2.45) is 0 Å². The number of pyridine rings is 3. The molecule has 2 amide bonds. The van der Waals surface area contributed by atoms with Crippen molar-refractivity contribution in [3.05, 3.63) is 127 Å². The molecular weight excluding hydrogens is 971 g/mol. The van der Waals surface area contributed by atoms with Crippen LogP contribution in [-0.2, 0) is 29.2 Å². The third-order valence-electron chi connectivity index (χ3n) is 13.8. The molecule has 11 aromatic rings. The van der Waals surface area contributed by atoms with E-state index in [0.717, 1.165) is 108 Å². The van der Waals surface area contributed by atoms with Crippen LogP contribution in [0.25, 0.3) is 88.3 Å². The topological polar surface area (TPSA) is 293 Å². The van der Waals surface area contributed by atoms with Crippen molar-refractivity contribution in [3.8, 4) is 16.9 Å². The Labute approximate surface area is 442 Å². The number of hydrogen-bond acceptors (Lipinski definition) is 14. The van der Waals surface area contributed by atoms with E-state index in [4.69, 9.17) is 27.2 Å². The summed E-state index contributed by atoms with van der Waals surface area (Å²) in [5, 5.41) is 14.0. The number of nitrogens with zero attached hydrogens (tertiary/aromatic N) is 12. The fraction of sp³-hybridized carbons (Fsp3) is 0.250. The van der Waals surface area contributed by atoms with Crippen molar-refractivity contribution in [3.63, 3.8) is 0 Å². The number of nitrogens with one attached hydrogen (secondary N) is 4. The van der Waals surface area contributed by atoms with Crippen LogP contribution < -0.4 is 17.2 Å². The van der Waals surface area contributed by atoms with Crippen LogP contribution in [0.1, 0.15) is 76.9 Å². The molecule has 77 heavy (non-hydrogen) atoms. The fourth-order valence-electron chi connectivity index (χ4n) is 9.68. The maximum absolute atomic E-state index is 11.7. The monoisotopic (exact) mass is 1030 g/mol. The van der Waals surface area contributed by atoms with Gasteiger partial charge in [-0.3, -0.25) is 14.7 Å². The minimum Gasteiger partial charge on any atom is -0.382 e. The summed E-state index contributed by atoms with van der Waals surface area (Å²) in [4.78, 5) is 66.4. The summed E-state index contributed by atoms with van der Waals surface area (Å²) in [5.41, 5.74) is 31.0. The molecule has 21 heteroatoms. The van der Waals surface area contributed by atoms with Crippen LogP contribution in [0.4, 0.5) is 17.5 Å². The number of H-pyrrole nitrogens is 4. The molecule has 0 fully saturated rings. The molecule has 0 unspecified atom stereocenters. The van der Waals surface area contributed by atoms with Crippen molar-refractivity contribution in [1.29, 1.82) is 0 Å². The fourth-order valence-corrected chi connectivity index (χ4v) is 9.68. The Morgan fingerprint density at radius 2 is 1.17 bits per heavy atom. The second kappa shape index (κ2) is 21.7. The minimum absolute atomic E-state index is 0.00720. The predicted octanol–water partition coefficient (Wildman–Crippen LogP) is 8.93. The average molecular weight is 1030 g/mol. The van der Waals surface area contributed by atoms with Crippen molar-refractivity contribution in [2.75, 3.05) is 36.8 Å². The van der Waals surface area contributed by atoms with Crippen LogP contribution in [0.15, 0.2) is 104 Å². The standard InChI is InChI=1S/C20H23N5O.C18H19N7O.C18H19N7/c1-3-25(12(2)26)11-17-23-18-15-9-8-14(13-6-4-5-7-13)10-16(15)22-20(21)19(18)24-17;1-3-24(11(2)26)10-15-22-16-13-6-5-12(25-8-4-7-20-25)9-14(13)21-18(19)17(16)23-15;1-3-25(4-2)10-15-22-16-12-6-5-11(13-7-8-20-24-13)9-14(12)21-18(19)17(16)23-15/h6,8-10H,3-5,7,11H2,1-2H3,(H2,21,22)(H,23,24);4-9H,3,10H2,1-2H3,(H2,19,21)(H,22,23);3,5-9H,1,4,10H2,2H3,(H2,19,21)(H,20,24)(H,22,23). The van der Waals surface area contributed by atoms with Gasteiger partial charge in [0, 0.05) is 73.8 Å². The van der Waals surface area contributed by atoms with E-state index in [2.05, 4.69) is 92.9 Å². The number of allylic oxidation sites excluding steroid dienone is 2. The molecule has 392 valence electrons. The van der Waals surface area contributed by atoms with Crippen LogP contribution >= 0.6 is 0 Å². The lowest BCUT2D eigenvalue weighted by Crippen LogP contribution is -2.28. The summed E-state index contributed by atoms with van der Waals surface area (Å²) < 4.78 is 1.77. The quantitative estimate of drug-likeness (QED) is 0.0567. The zero-order valence-electron chi connectivity index (χ0n) is 43.7. The Hall–Kier alpha value is -9.66. The van der Waals surface area contributed by atoms with E-state index in [0.29, 0.717) is 61.5 Å². The summed E-state index contributed by atoms with van der Waals surface area (Å²) in [7, 11) is 0. The molecule has 0 saturated carbocycles. The number of hydrogen-bond donors (Lipinski definition) is 7. The smallest absolute Gasteiger partial charge is 0.219 e. The lowest BCUT2D eigenvalue weighted by molar-refractivity contribution is -0.130. The van der Waals surface area contributed by atoms with Crippen LogP contribution in [0, 0.1) is 0 Å². The maximum atomic E-state index is 11.7. The average Bonchev–Trinajstić information content (AvgIpc) is 4.36. The second-order valence-corrected chi connectivity index (χ2v) is 18.7. The molecule has 1 aliphatic carbocycles. The van der Waals surface area contributed by atoms with Crippen molar-refractivity contribution in [2.45, 2.75) is 73.5 Å². The Bertz CT molecular complexity index is 4000. The van der Waals surface area contributed by atoms with E-state index in [1.165, 1.54) is 17.6 Å². The number of benzene rings is 3. The van der Waals surface area contributed by atoms with Crippen LogP contribution in [0.3, 0.4) is 0 Å². The van der Waals surface area contributed by atoms with E-state index < -0.39 is 0 Å². The summed E-state index contributed by atoms with van der Waals surface area (Å²) in [5.74, 6) is 3.56. The Kier molecular flexibility index (Phi) is 14.3. The molecule has 8 aromatic heterocycles. The van der Waals surface area contributed by atoms with Crippen LogP contribution in [-0.4, -0.2) is 111 Å². The van der Waals surface area contributed by atoms with E-state index in [1.807, 2.05) is 74.8 Å². The van der Waals surface area contributed by atoms with Gasteiger partial charge in [0.05, 0.1) is 47.6 Å². The summed E-state index contributed by atoms with van der Waals surface area (Å²) in [6.07, 6.45) is 12.9. The second-order valence-electron chi connectivity index (χ2n) is 18.7. The molecule has 0 spiro atoms. The first-order valence-electron chi connectivity index (χ1n) is 25.6. The van der Waals surface area contributed by atoms with E-state index in [1.54, 1.807) is 40.7 Å². The molecule has 12 rings (SSSR count). The van der Waals surface area contributed by atoms with E-state index in [9.17, 15) is 9.59 Å². The van der Waals surface area contributed by atoms with E-state index in [-0.39, 0.29) is 11.8 Å². The first-order chi connectivity index (χ1) is 37.3. The molecule has 0 saturated heterocycles. The largest absolute Gasteiger partial charge is 0.382 e. The first kappa shape index (κ1) is 50.9. The predicted molar refractivity (Wildman–Crippen MR) is 304 cm³/mol. The summed E-state index contributed by atoms with van der Waals surface area (Å²) >= 11 is 0. The molecule has 0 aliphatic heterocycles. The highest BCUT2D eigenvalue weighted by Gasteiger charge is 2.19. The van der Waals surface area contributed by atoms with Gasteiger partial charge in [-0.05, 0) is 112 Å². The number of aromatic amines is 4. The number of imidazole rings is 3. The normalized spacial score (nSPS) is 12.2. The molecule has 8 heterocycles. The summed E-state index contributed by atoms with van der Waals surface area (Å²) in [6, 6.07) is 22.0. The third kappa shape index (κ3) is 10.4. The molecular formula is C56H61N19O2. The van der Waals surface area contributed by atoms with Gasteiger partial charge in [-0.15, -0.1) is 0 Å². The Morgan fingerprint density at radius 3 is 1.62 bits per heavy atom. The van der Waals surface area contributed by atoms with Gasteiger partial charge >= 0.3 is 0 Å². The molecule has 3 aromatic carbocycles. The number of carbonyl (C=O) groups is 2. The van der Waals surface area contributed by atoms with Gasteiger partial charge in [0.25, 0.3) is 0 Å². The molecule has 0 radical (unpaired) electrons. The van der Waals surface area contributed by atoms with Crippen molar-refractivity contribution >= 4 is 101 Å². The van der Waals surface area contributed by atoms with Gasteiger partial charge in [0.2, 0.25) is 11.8 Å². The zero-order chi connectivity index (χ0) is 53.9. The highest BCUT2D eigenvalue weighted by atomic mass is 16.2. The Balaban J connectivity index is 0.000000131. The number of amides is 2. The lowest BCUT2D eigenvalue weighted by atomic mass is 10.0. The van der Waals surface area contributed by atoms with E-state index >= 15 is 0 Å². The number of carbonyl (C=O) groups excluding carboxylic acids is 2. The van der Waals surface area contributed by atoms with Gasteiger partial charge in [-0.25, -0.2) is 34.6 Å². The van der Waals surface area contributed by atoms with Crippen LogP contribution in [0.2, 0.25) is 0 Å². The summed E-state index contributed by atoms with van der Waals surface area (Å²) in [6.45, 7) is 16.5. The highest BCUT2D eigenvalue weighted by molar-refractivity contribution is 6.09. The Morgan fingerprint density at radius 1 is 0.649 bits per heavy atom. The third-order valence-corrected chi connectivity index (χ3v) is 13.8. The van der Waals surface area contributed by atoms with Gasteiger partial charge in [0.15, 0.2) is 0 Å². The number of nitrogens with two attached hydrogens (primary N) is 3. The molecule has 10 N–H and O–H groups in total. The zero-order valence-corrected chi connectivity index (χ0v) is 43.7. The number of anilines is 3. The van der Waals surface area contributed by atoms with Crippen molar-refractivity contribution < 1.29 is 9.59 Å². The molecule has 1 aliphatic rings. The number of rotatable bonds is 13. The first-order valence-corrected chi connectivity index (χ1v) is 25.6. The SMILES string of the molecule is C=CN(CC)Cc1nc2c([nH]1)c(N)nc1cc(-c3ccn[nH]3)ccc12.CCN(Cc1nc2c([nH]1)c(N)nc1cc(-n3cccn3)ccc12)C(C)=O.CCN(Cc1nc2c([nH]1)c(N)nc1cc(C3=CCCC3)ccc12)C(C)=O. The molecule has 21 nitrogen and oxygen atoms in total. The molecule has 0 atom stereocenters. The van der Waals surface area contributed by atoms with Crippen molar-refractivity contribution in [1.82, 2.24) is 79.5 Å². The number of nitrogen functional groups attached to an aromatic ring is 3. The number of aromatic nitrogens is 13.